The Balaban J connectivity index is 1.97. The van der Waals surface area contributed by atoms with Gasteiger partial charge in [-0.3, -0.25) is 4.79 Å². The molecule has 1 aliphatic rings. The molecule has 0 spiro atoms. The van der Waals surface area contributed by atoms with Crippen LogP contribution >= 0.6 is 22.6 Å². The minimum absolute atomic E-state index is 0.0319. The van der Waals surface area contributed by atoms with Crippen molar-refractivity contribution in [2.45, 2.75) is 13.8 Å². The van der Waals surface area contributed by atoms with Gasteiger partial charge in [0, 0.05) is 0 Å². The predicted molar refractivity (Wildman–Crippen MR) is 123 cm³/mol. The van der Waals surface area contributed by atoms with Gasteiger partial charge in [-0.25, -0.2) is 26.7 Å². The van der Waals surface area contributed by atoms with E-state index in [0.29, 0.717) is 9.13 Å². The van der Waals surface area contributed by atoms with E-state index in [-0.39, 0.29) is 41.0 Å². The summed E-state index contributed by atoms with van der Waals surface area (Å²) in [4.78, 5) is 24.4. The number of carbonyl (C=O) groups excluding carboxylic acids is 2. The first kappa shape index (κ1) is 26.4. The quantitative estimate of drug-likeness (QED) is 0.113. The molecule has 0 bridgehead atoms. The first-order valence-electron chi connectivity index (χ1n) is 9.80. The molecule has 0 aromatic heterocycles. The number of amides is 1. The number of benzene rings is 2. The molecule has 35 heavy (non-hydrogen) atoms. The molecule has 186 valence electrons. The third-order valence-electron chi connectivity index (χ3n) is 4.66. The topological polar surface area (TPSA) is 77.4 Å². The molecular formula is C22H16F5IN2O5. The molecule has 2 aromatic carbocycles. The SMILES string of the molecule is CCOC(=O)COc1c(I)cc(/C=C2/C(=O)N(c3c(F)c(F)c(F)c(F)c3F)N=C2C)cc1OC. The summed E-state index contributed by atoms with van der Waals surface area (Å²) in [5.41, 5.74) is -1.31. The van der Waals surface area contributed by atoms with Gasteiger partial charge in [-0.1, -0.05) is 0 Å². The highest BCUT2D eigenvalue weighted by molar-refractivity contribution is 14.1. The van der Waals surface area contributed by atoms with E-state index in [4.69, 9.17) is 14.2 Å². The number of carbonyl (C=O) groups is 2. The Morgan fingerprint density at radius 1 is 1.09 bits per heavy atom. The average molecular weight is 610 g/mol. The van der Waals surface area contributed by atoms with E-state index in [1.54, 1.807) is 13.0 Å². The monoisotopic (exact) mass is 610 g/mol. The van der Waals surface area contributed by atoms with Gasteiger partial charge in [-0.15, -0.1) is 0 Å². The molecule has 7 nitrogen and oxygen atoms in total. The number of halogens is 6. The fraction of sp³-hybridized carbons (Fsp3) is 0.227. The van der Waals surface area contributed by atoms with Gasteiger partial charge in [0.25, 0.3) is 5.91 Å². The molecule has 2 aromatic rings. The Morgan fingerprint density at radius 3 is 2.26 bits per heavy atom. The fourth-order valence-electron chi connectivity index (χ4n) is 3.08. The van der Waals surface area contributed by atoms with E-state index in [1.165, 1.54) is 26.2 Å². The fourth-order valence-corrected chi connectivity index (χ4v) is 3.86. The minimum Gasteiger partial charge on any atom is -0.493 e. The standard InChI is InChI=1S/C22H16F5IN2O5/c1-4-34-14(31)8-35-21-12(28)6-10(7-13(21)33-3)5-11-9(2)29-30(22(11)32)20-18(26)16(24)15(23)17(25)19(20)27/h5-7H,4,8H2,1-3H3/b11-5+. The van der Waals surface area contributed by atoms with Crippen LogP contribution in [-0.4, -0.2) is 37.9 Å². The summed E-state index contributed by atoms with van der Waals surface area (Å²) in [6.07, 6.45) is 1.30. The van der Waals surface area contributed by atoms with Gasteiger partial charge < -0.3 is 14.2 Å². The zero-order chi connectivity index (χ0) is 26.0. The number of esters is 1. The van der Waals surface area contributed by atoms with Crippen LogP contribution in [0, 0.1) is 32.7 Å². The summed E-state index contributed by atoms with van der Waals surface area (Å²) in [7, 11) is 1.35. The Hall–Kier alpha value is -3.23. The summed E-state index contributed by atoms with van der Waals surface area (Å²) in [6, 6.07) is 3.01. The summed E-state index contributed by atoms with van der Waals surface area (Å²) < 4.78 is 85.1. The summed E-state index contributed by atoms with van der Waals surface area (Å²) in [5, 5.41) is 3.81. The van der Waals surface area contributed by atoms with Crippen LogP contribution in [-0.2, 0) is 14.3 Å². The molecule has 0 saturated carbocycles. The van der Waals surface area contributed by atoms with Crippen molar-refractivity contribution in [1.82, 2.24) is 0 Å². The van der Waals surface area contributed by atoms with Crippen LogP contribution in [0.3, 0.4) is 0 Å². The molecule has 0 aliphatic carbocycles. The molecule has 0 fully saturated rings. The molecule has 0 saturated heterocycles. The lowest BCUT2D eigenvalue weighted by molar-refractivity contribution is -0.145. The molecule has 1 aliphatic heterocycles. The number of hydrazone groups is 1. The highest BCUT2D eigenvalue weighted by Crippen LogP contribution is 2.37. The molecule has 0 atom stereocenters. The van der Waals surface area contributed by atoms with Crippen LogP contribution in [0.15, 0.2) is 22.8 Å². The lowest BCUT2D eigenvalue weighted by atomic mass is 10.1. The maximum absolute atomic E-state index is 14.2. The molecule has 1 amide bonds. The first-order chi connectivity index (χ1) is 16.5. The van der Waals surface area contributed by atoms with Crippen molar-refractivity contribution in [2.24, 2.45) is 5.10 Å². The minimum atomic E-state index is -2.35. The number of methoxy groups -OCH3 is 1. The summed E-state index contributed by atoms with van der Waals surface area (Å²) in [5.74, 6) is -12.4. The Morgan fingerprint density at radius 2 is 1.69 bits per heavy atom. The molecule has 1 heterocycles. The van der Waals surface area contributed by atoms with Gasteiger partial charge in [-0.05, 0) is 60.2 Å². The van der Waals surface area contributed by atoms with Crippen molar-refractivity contribution >= 4 is 51.9 Å². The van der Waals surface area contributed by atoms with Crippen molar-refractivity contribution in [3.63, 3.8) is 0 Å². The van der Waals surface area contributed by atoms with Crippen LogP contribution in [0.1, 0.15) is 19.4 Å². The molecule has 3 rings (SSSR count). The van der Waals surface area contributed by atoms with E-state index < -0.39 is 46.6 Å². The van der Waals surface area contributed by atoms with E-state index >= 15 is 0 Å². The third kappa shape index (κ3) is 5.09. The highest BCUT2D eigenvalue weighted by atomic mass is 127. The molecule has 0 N–H and O–H groups in total. The predicted octanol–water partition coefficient (Wildman–Crippen LogP) is 4.74. The number of nitrogens with zero attached hydrogens (tertiary/aromatic N) is 2. The molecular weight excluding hydrogens is 594 g/mol. The second-order valence-electron chi connectivity index (χ2n) is 6.91. The number of hydrogen-bond donors (Lipinski definition) is 0. The number of ether oxygens (including phenoxy) is 3. The van der Waals surface area contributed by atoms with Gasteiger partial charge in [0.05, 0.1) is 28.6 Å². The number of hydrogen-bond acceptors (Lipinski definition) is 6. The van der Waals surface area contributed by atoms with Gasteiger partial charge in [0.1, 0.15) is 5.69 Å². The van der Waals surface area contributed by atoms with E-state index in [0.717, 1.165) is 0 Å². The molecule has 0 radical (unpaired) electrons. The zero-order valence-corrected chi connectivity index (χ0v) is 20.5. The number of rotatable bonds is 7. The summed E-state index contributed by atoms with van der Waals surface area (Å²) >= 11 is 1.90. The lowest BCUT2D eigenvalue weighted by Gasteiger charge is -2.15. The van der Waals surface area contributed by atoms with Crippen LogP contribution in [0.2, 0.25) is 0 Å². The van der Waals surface area contributed by atoms with E-state index in [2.05, 4.69) is 5.10 Å². The average Bonchev–Trinajstić information content (AvgIpc) is 3.08. The largest absolute Gasteiger partial charge is 0.493 e. The lowest BCUT2D eigenvalue weighted by Crippen LogP contribution is -2.25. The van der Waals surface area contributed by atoms with Crippen molar-refractivity contribution in [3.8, 4) is 11.5 Å². The van der Waals surface area contributed by atoms with Crippen LogP contribution in [0.25, 0.3) is 6.08 Å². The first-order valence-corrected chi connectivity index (χ1v) is 10.9. The second kappa shape index (κ2) is 10.6. The van der Waals surface area contributed by atoms with Gasteiger partial charge in [-0.2, -0.15) is 10.1 Å². The Bertz CT molecular complexity index is 1250. The van der Waals surface area contributed by atoms with Crippen molar-refractivity contribution in [1.29, 1.82) is 0 Å². The van der Waals surface area contributed by atoms with Crippen molar-refractivity contribution in [3.05, 3.63) is 55.9 Å². The maximum atomic E-state index is 14.2. The van der Waals surface area contributed by atoms with Crippen LogP contribution < -0.4 is 14.5 Å². The summed E-state index contributed by atoms with van der Waals surface area (Å²) in [6.45, 7) is 2.78. The Labute approximate surface area is 209 Å². The van der Waals surface area contributed by atoms with Crippen molar-refractivity contribution < 1.29 is 45.8 Å². The molecule has 13 heteroatoms. The van der Waals surface area contributed by atoms with Crippen molar-refractivity contribution in [2.75, 3.05) is 25.3 Å². The zero-order valence-electron chi connectivity index (χ0n) is 18.3. The number of anilines is 1. The maximum Gasteiger partial charge on any atom is 0.344 e. The smallest absolute Gasteiger partial charge is 0.344 e. The van der Waals surface area contributed by atoms with Gasteiger partial charge in [0.2, 0.25) is 5.82 Å². The highest BCUT2D eigenvalue weighted by Gasteiger charge is 2.37. The van der Waals surface area contributed by atoms with E-state index in [1.807, 2.05) is 22.6 Å². The van der Waals surface area contributed by atoms with Gasteiger partial charge in [0.15, 0.2) is 41.4 Å². The Kier molecular flexibility index (Phi) is 7.97. The van der Waals surface area contributed by atoms with Crippen LogP contribution in [0.4, 0.5) is 27.6 Å². The van der Waals surface area contributed by atoms with E-state index in [9.17, 15) is 31.5 Å². The van der Waals surface area contributed by atoms with Crippen LogP contribution in [0.5, 0.6) is 11.5 Å². The molecule has 0 unspecified atom stereocenters. The third-order valence-corrected chi connectivity index (χ3v) is 5.46. The van der Waals surface area contributed by atoms with Gasteiger partial charge >= 0.3 is 5.97 Å². The normalized spacial score (nSPS) is 14.4. The second-order valence-corrected chi connectivity index (χ2v) is 8.07.